The number of ether oxygens (including phenoxy) is 3. The summed E-state index contributed by atoms with van der Waals surface area (Å²) in [7, 11) is 0. The maximum Gasteiger partial charge on any atom is 0.258 e. The molecule has 158 valence electrons. The van der Waals surface area contributed by atoms with Crippen molar-refractivity contribution in [3.05, 3.63) is 53.6 Å². The van der Waals surface area contributed by atoms with Crippen LogP contribution in [0, 0.1) is 0 Å². The lowest BCUT2D eigenvalue weighted by atomic mass is 10.0. The first kappa shape index (κ1) is 20.2. The number of nitrogens with zero attached hydrogens (tertiary/aromatic N) is 1. The molecule has 1 saturated heterocycles. The largest absolute Gasteiger partial charge is 0.454 e. The number of carbonyl (C=O) groups excluding carboxylic acids is 1. The Hall–Kier alpha value is -3.06. The molecule has 2 aliphatic rings. The van der Waals surface area contributed by atoms with Gasteiger partial charge in [0.05, 0.1) is 12.6 Å². The lowest BCUT2D eigenvalue weighted by molar-refractivity contribution is 0.0975. The van der Waals surface area contributed by atoms with Crippen LogP contribution >= 0.6 is 0 Å². The van der Waals surface area contributed by atoms with E-state index >= 15 is 0 Å². The molecule has 2 N–H and O–H groups in total. The number of aliphatic imine (C=N–C) groups is 1. The molecule has 2 aliphatic heterocycles. The minimum absolute atomic E-state index is 0.0903. The predicted octanol–water partition coefficient (Wildman–Crippen LogP) is 3.92. The molecule has 1 unspecified atom stereocenters. The van der Waals surface area contributed by atoms with Crippen molar-refractivity contribution in [2.75, 3.05) is 25.3 Å². The Bertz CT molecular complexity index is 919. The Morgan fingerprint density at radius 1 is 1.13 bits per heavy atom. The number of carbonyl (C=O) groups is 1. The van der Waals surface area contributed by atoms with Crippen molar-refractivity contribution in [1.82, 2.24) is 5.32 Å². The van der Waals surface area contributed by atoms with E-state index in [2.05, 4.69) is 41.6 Å². The van der Waals surface area contributed by atoms with E-state index in [9.17, 15) is 4.79 Å². The van der Waals surface area contributed by atoms with Gasteiger partial charge in [0.2, 0.25) is 12.8 Å². The first-order chi connectivity index (χ1) is 14.6. The van der Waals surface area contributed by atoms with E-state index in [0.717, 1.165) is 25.1 Å². The second-order valence-electron chi connectivity index (χ2n) is 7.75. The Kier molecular flexibility index (Phi) is 6.18. The fourth-order valence-electron chi connectivity index (χ4n) is 3.40. The second kappa shape index (κ2) is 9.17. The molecule has 30 heavy (non-hydrogen) atoms. The number of fused-ring (bicyclic) bond motifs is 1. The lowest BCUT2D eigenvalue weighted by Crippen LogP contribution is -2.36. The highest BCUT2D eigenvalue weighted by Crippen LogP contribution is 2.32. The maximum atomic E-state index is 12.8. The number of anilines is 1. The number of rotatable bonds is 5. The zero-order chi connectivity index (χ0) is 20.9. The lowest BCUT2D eigenvalue weighted by Gasteiger charge is -2.14. The summed E-state index contributed by atoms with van der Waals surface area (Å²) in [6.45, 7) is 5.74. The molecule has 0 saturated carbocycles. The minimum Gasteiger partial charge on any atom is -0.454 e. The predicted molar refractivity (Wildman–Crippen MR) is 115 cm³/mol. The van der Waals surface area contributed by atoms with E-state index < -0.39 is 0 Å². The summed E-state index contributed by atoms with van der Waals surface area (Å²) in [6.07, 6.45) is 2.12. The first-order valence-electron chi connectivity index (χ1n) is 10.3. The first-order valence-corrected chi connectivity index (χ1v) is 10.3. The standard InChI is InChI=1S/C23H27N3O4/c1-15(2)16-5-8-18(9-6-16)25-23(24-13-19-4-3-11-28-19)26-22(27)17-7-10-20-21(12-17)30-14-29-20/h5-10,12,15,19H,3-4,11,13-14H2,1-2H3,(H2,24,25,26,27). The monoisotopic (exact) mass is 409 g/mol. The zero-order valence-corrected chi connectivity index (χ0v) is 17.3. The van der Waals surface area contributed by atoms with Crippen molar-refractivity contribution in [2.24, 2.45) is 4.99 Å². The maximum absolute atomic E-state index is 12.8. The second-order valence-corrected chi connectivity index (χ2v) is 7.75. The molecule has 2 aromatic carbocycles. The summed E-state index contributed by atoms with van der Waals surface area (Å²) < 4.78 is 16.3. The molecule has 0 spiro atoms. The highest BCUT2D eigenvalue weighted by molar-refractivity contribution is 6.10. The Morgan fingerprint density at radius 3 is 2.67 bits per heavy atom. The van der Waals surface area contributed by atoms with Gasteiger partial charge in [-0.25, -0.2) is 4.99 Å². The van der Waals surface area contributed by atoms with Gasteiger partial charge in [-0.1, -0.05) is 26.0 Å². The molecular formula is C23H27N3O4. The van der Waals surface area contributed by atoms with E-state index in [1.165, 1.54) is 5.56 Å². The van der Waals surface area contributed by atoms with Gasteiger partial charge in [0, 0.05) is 17.9 Å². The Labute approximate surface area is 176 Å². The van der Waals surface area contributed by atoms with Gasteiger partial charge in [-0.15, -0.1) is 0 Å². The summed E-state index contributed by atoms with van der Waals surface area (Å²) in [5.74, 6) is 1.79. The summed E-state index contributed by atoms with van der Waals surface area (Å²) >= 11 is 0. The van der Waals surface area contributed by atoms with Crippen LogP contribution in [-0.4, -0.2) is 37.9 Å². The highest BCUT2D eigenvalue weighted by Gasteiger charge is 2.18. The molecule has 1 amide bonds. The molecule has 1 atom stereocenters. The Balaban J connectivity index is 1.49. The molecule has 0 bridgehead atoms. The van der Waals surface area contributed by atoms with Gasteiger partial charge >= 0.3 is 0 Å². The number of amides is 1. The van der Waals surface area contributed by atoms with Crippen molar-refractivity contribution >= 4 is 17.6 Å². The fourth-order valence-corrected chi connectivity index (χ4v) is 3.40. The van der Waals surface area contributed by atoms with Crippen molar-refractivity contribution in [3.8, 4) is 11.5 Å². The molecule has 2 heterocycles. The number of guanidine groups is 1. The average molecular weight is 409 g/mol. The molecule has 4 rings (SSSR count). The third kappa shape index (κ3) is 4.91. The van der Waals surface area contributed by atoms with Crippen molar-refractivity contribution < 1.29 is 19.0 Å². The van der Waals surface area contributed by atoms with Crippen LogP contribution in [0.1, 0.15) is 48.5 Å². The van der Waals surface area contributed by atoms with Gasteiger partial charge in [-0.2, -0.15) is 0 Å². The van der Waals surface area contributed by atoms with Crippen molar-refractivity contribution in [2.45, 2.75) is 38.7 Å². The van der Waals surface area contributed by atoms with Crippen LogP contribution in [0.3, 0.4) is 0 Å². The minimum atomic E-state index is -0.273. The third-order valence-electron chi connectivity index (χ3n) is 5.18. The normalized spacial score (nSPS) is 18.0. The van der Waals surface area contributed by atoms with Crippen LogP contribution in [0.15, 0.2) is 47.5 Å². The van der Waals surface area contributed by atoms with Crippen LogP contribution in [0.4, 0.5) is 5.69 Å². The molecule has 2 aromatic rings. The van der Waals surface area contributed by atoms with Gasteiger partial charge in [0.1, 0.15) is 0 Å². The molecule has 0 aromatic heterocycles. The van der Waals surface area contributed by atoms with E-state index in [-0.39, 0.29) is 18.8 Å². The summed E-state index contributed by atoms with van der Waals surface area (Å²) in [5, 5.41) is 6.11. The highest BCUT2D eigenvalue weighted by atomic mass is 16.7. The van der Waals surface area contributed by atoms with Gasteiger partial charge in [-0.3, -0.25) is 10.1 Å². The van der Waals surface area contributed by atoms with Crippen LogP contribution < -0.4 is 20.1 Å². The smallest absolute Gasteiger partial charge is 0.258 e. The summed E-state index contributed by atoms with van der Waals surface area (Å²) in [6, 6.07) is 13.2. The zero-order valence-electron chi connectivity index (χ0n) is 17.3. The van der Waals surface area contributed by atoms with Crippen LogP contribution in [-0.2, 0) is 4.74 Å². The molecule has 7 nitrogen and oxygen atoms in total. The van der Waals surface area contributed by atoms with Gasteiger partial charge < -0.3 is 19.5 Å². The molecule has 0 aliphatic carbocycles. The van der Waals surface area contributed by atoms with E-state index in [1.54, 1.807) is 18.2 Å². The van der Waals surface area contributed by atoms with Gasteiger partial charge in [0.15, 0.2) is 11.5 Å². The third-order valence-corrected chi connectivity index (χ3v) is 5.18. The van der Waals surface area contributed by atoms with E-state index in [0.29, 0.717) is 35.5 Å². The number of hydrogen-bond acceptors (Lipinski definition) is 5. The van der Waals surface area contributed by atoms with Crippen LogP contribution in [0.25, 0.3) is 0 Å². The SMILES string of the molecule is CC(C)c1ccc(NC(=NCC2CCCO2)NC(=O)c2ccc3c(c2)OCO3)cc1. The van der Waals surface area contributed by atoms with Crippen molar-refractivity contribution in [3.63, 3.8) is 0 Å². The summed E-state index contributed by atoms with van der Waals surface area (Å²) in [4.78, 5) is 17.4. The van der Waals surface area contributed by atoms with Crippen LogP contribution in [0.5, 0.6) is 11.5 Å². The van der Waals surface area contributed by atoms with E-state index in [4.69, 9.17) is 14.2 Å². The van der Waals surface area contributed by atoms with Gasteiger partial charge in [-0.05, 0) is 54.7 Å². The van der Waals surface area contributed by atoms with Crippen LogP contribution in [0.2, 0.25) is 0 Å². The molecule has 7 heteroatoms. The molecule has 0 radical (unpaired) electrons. The van der Waals surface area contributed by atoms with Gasteiger partial charge in [0.25, 0.3) is 5.91 Å². The topological polar surface area (TPSA) is 81.2 Å². The average Bonchev–Trinajstić information content (AvgIpc) is 3.43. The summed E-state index contributed by atoms with van der Waals surface area (Å²) in [5.41, 5.74) is 2.58. The molecular weight excluding hydrogens is 382 g/mol. The quantitative estimate of drug-likeness (QED) is 0.578. The molecule has 1 fully saturated rings. The Morgan fingerprint density at radius 2 is 1.93 bits per heavy atom. The fraction of sp³-hybridized carbons (Fsp3) is 0.391. The number of nitrogens with one attached hydrogen (secondary N) is 2. The van der Waals surface area contributed by atoms with Crippen molar-refractivity contribution in [1.29, 1.82) is 0 Å². The van der Waals surface area contributed by atoms with E-state index in [1.807, 2.05) is 12.1 Å². The number of benzene rings is 2. The number of hydrogen-bond donors (Lipinski definition) is 2.